The number of carbonyl (C=O) groups is 3. The number of hydrogen-bond acceptors (Lipinski definition) is 7. The lowest BCUT2D eigenvalue weighted by atomic mass is 10.1. The first-order valence-electron chi connectivity index (χ1n) is 7.75. The predicted molar refractivity (Wildman–Crippen MR) is 96.0 cm³/mol. The van der Waals surface area contributed by atoms with Crippen LogP contribution in [0.2, 0.25) is 5.02 Å². The third-order valence-electron chi connectivity index (χ3n) is 3.82. The summed E-state index contributed by atoms with van der Waals surface area (Å²) in [5.74, 6) is -0.934. The van der Waals surface area contributed by atoms with E-state index in [-0.39, 0.29) is 22.2 Å². The average molecular weight is 406 g/mol. The van der Waals surface area contributed by atoms with Gasteiger partial charge in [-0.1, -0.05) is 11.6 Å². The Hall–Kier alpha value is -3.66. The van der Waals surface area contributed by atoms with Crippen LogP contribution in [0.1, 0.15) is 5.76 Å². The first-order valence-corrected chi connectivity index (χ1v) is 8.13. The van der Waals surface area contributed by atoms with Crippen LogP contribution in [0, 0.1) is 10.1 Å². The second-order valence-corrected chi connectivity index (χ2v) is 5.99. The molecule has 0 unspecified atom stereocenters. The summed E-state index contributed by atoms with van der Waals surface area (Å²) < 4.78 is 10.0. The number of nitro groups is 1. The van der Waals surface area contributed by atoms with Crippen molar-refractivity contribution in [1.29, 1.82) is 0 Å². The second kappa shape index (κ2) is 7.53. The number of halogens is 1. The molecule has 0 aliphatic carbocycles. The standard InChI is InChI=1S/C17H12ClN3O7/c1-27-15(22)8-20-16(23)12(19-17(20)24)7-10-3-5-14(28-10)9-2-4-11(18)13(6-9)21(25)26/h2-7H,8H2,1H3,(H,19,24). The van der Waals surface area contributed by atoms with Gasteiger partial charge in [-0.25, -0.2) is 9.69 Å². The lowest BCUT2D eigenvalue weighted by Crippen LogP contribution is -2.36. The largest absolute Gasteiger partial charge is 0.468 e. The zero-order valence-corrected chi connectivity index (χ0v) is 15.1. The average Bonchev–Trinajstić information content (AvgIpc) is 3.22. The number of carbonyl (C=O) groups excluding carboxylic acids is 3. The van der Waals surface area contributed by atoms with Gasteiger partial charge < -0.3 is 14.5 Å². The van der Waals surface area contributed by atoms with E-state index in [9.17, 15) is 24.5 Å². The van der Waals surface area contributed by atoms with E-state index >= 15 is 0 Å². The molecule has 11 heteroatoms. The van der Waals surface area contributed by atoms with Crippen LogP contribution in [-0.2, 0) is 14.3 Å². The van der Waals surface area contributed by atoms with Crippen LogP contribution >= 0.6 is 11.6 Å². The molecule has 0 spiro atoms. The van der Waals surface area contributed by atoms with Gasteiger partial charge in [-0.3, -0.25) is 19.7 Å². The van der Waals surface area contributed by atoms with E-state index in [2.05, 4.69) is 10.1 Å². The summed E-state index contributed by atoms with van der Waals surface area (Å²) in [7, 11) is 1.14. The minimum absolute atomic E-state index is 0.00684. The highest BCUT2D eigenvalue weighted by molar-refractivity contribution is 6.32. The van der Waals surface area contributed by atoms with Gasteiger partial charge in [0.2, 0.25) is 0 Å². The fourth-order valence-corrected chi connectivity index (χ4v) is 2.63. The van der Waals surface area contributed by atoms with Gasteiger partial charge in [0.15, 0.2) is 0 Å². The van der Waals surface area contributed by atoms with Crippen molar-refractivity contribution < 1.29 is 28.5 Å². The van der Waals surface area contributed by atoms with Crippen LogP contribution in [0.4, 0.5) is 10.5 Å². The van der Waals surface area contributed by atoms with Crippen molar-refractivity contribution >= 4 is 41.3 Å². The molecule has 0 saturated carbocycles. The van der Waals surface area contributed by atoms with Gasteiger partial charge in [-0.2, -0.15) is 0 Å². The summed E-state index contributed by atoms with van der Waals surface area (Å²) in [4.78, 5) is 46.5. The van der Waals surface area contributed by atoms with E-state index in [1.807, 2.05) is 0 Å². The van der Waals surface area contributed by atoms with E-state index in [0.717, 1.165) is 7.11 Å². The highest BCUT2D eigenvalue weighted by Gasteiger charge is 2.35. The van der Waals surface area contributed by atoms with Crippen molar-refractivity contribution in [3.05, 3.63) is 56.9 Å². The number of benzene rings is 1. The van der Waals surface area contributed by atoms with Crippen LogP contribution in [0.25, 0.3) is 17.4 Å². The summed E-state index contributed by atoms with van der Waals surface area (Å²) in [6.07, 6.45) is 1.28. The van der Waals surface area contributed by atoms with Crippen LogP contribution < -0.4 is 5.32 Å². The minimum Gasteiger partial charge on any atom is -0.468 e. The molecule has 0 radical (unpaired) electrons. The molecule has 1 aromatic carbocycles. The Morgan fingerprint density at radius 2 is 2.11 bits per heavy atom. The lowest BCUT2D eigenvalue weighted by molar-refractivity contribution is -0.384. The summed E-state index contributed by atoms with van der Waals surface area (Å²) in [6.45, 7) is -0.518. The number of esters is 1. The third-order valence-corrected chi connectivity index (χ3v) is 4.14. The van der Waals surface area contributed by atoms with Crippen LogP contribution in [0.3, 0.4) is 0 Å². The summed E-state index contributed by atoms with van der Waals surface area (Å²) >= 11 is 5.79. The van der Waals surface area contributed by atoms with Gasteiger partial charge in [0.1, 0.15) is 28.8 Å². The molecule has 10 nitrogen and oxygen atoms in total. The number of nitrogens with one attached hydrogen (secondary N) is 1. The summed E-state index contributed by atoms with van der Waals surface area (Å²) in [5.41, 5.74) is 0.0545. The number of hydrogen-bond donors (Lipinski definition) is 1. The zero-order valence-electron chi connectivity index (χ0n) is 14.3. The third kappa shape index (κ3) is 3.71. The van der Waals surface area contributed by atoms with Crippen molar-refractivity contribution in [2.45, 2.75) is 0 Å². The maximum absolute atomic E-state index is 12.2. The molecule has 0 bridgehead atoms. The number of furan rings is 1. The fraction of sp³-hybridized carbons (Fsp3) is 0.118. The molecule has 3 amide bonds. The van der Waals surface area contributed by atoms with Gasteiger partial charge in [-0.05, 0) is 24.3 Å². The molecule has 1 saturated heterocycles. The first kappa shape index (κ1) is 19.1. The molecule has 2 heterocycles. The van der Waals surface area contributed by atoms with Crippen molar-refractivity contribution in [2.75, 3.05) is 13.7 Å². The monoisotopic (exact) mass is 405 g/mol. The number of urea groups is 1. The SMILES string of the molecule is COC(=O)CN1C(=O)NC(=Cc2ccc(-c3ccc(Cl)c([N+](=O)[O-])c3)o2)C1=O. The van der Waals surface area contributed by atoms with Gasteiger partial charge >= 0.3 is 12.0 Å². The van der Waals surface area contributed by atoms with Crippen molar-refractivity contribution in [2.24, 2.45) is 0 Å². The number of methoxy groups -OCH3 is 1. The number of ether oxygens (including phenoxy) is 1. The molecule has 1 aromatic heterocycles. The van der Waals surface area contributed by atoms with Crippen molar-refractivity contribution in [3.8, 4) is 11.3 Å². The van der Waals surface area contributed by atoms with Gasteiger partial charge in [0, 0.05) is 17.7 Å². The highest BCUT2D eigenvalue weighted by atomic mass is 35.5. The minimum atomic E-state index is -0.762. The number of imide groups is 1. The van der Waals surface area contributed by atoms with E-state index in [4.69, 9.17) is 16.0 Å². The molecule has 1 fully saturated rings. The second-order valence-electron chi connectivity index (χ2n) is 5.58. The van der Waals surface area contributed by atoms with Crippen LogP contribution in [0.15, 0.2) is 40.4 Å². The fourth-order valence-electron chi connectivity index (χ4n) is 2.44. The highest BCUT2D eigenvalue weighted by Crippen LogP contribution is 2.31. The van der Waals surface area contributed by atoms with Crippen molar-refractivity contribution in [1.82, 2.24) is 10.2 Å². The Morgan fingerprint density at radius 3 is 2.79 bits per heavy atom. The topological polar surface area (TPSA) is 132 Å². The quantitative estimate of drug-likeness (QED) is 0.266. The molecule has 0 atom stereocenters. The number of rotatable bonds is 5. The molecule has 2 aromatic rings. The molecule has 1 aliphatic rings. The molecule has 144 valence electrons. The van der Waals surface area contributed by atoms with Gasteiger partial charge in [0.25, 0.3) is 11.6 Å². The molecular formula is C17H12ClN3O7. The zero-order chi connectivity index (χ0) is 20.4. The lowest BCUT2D eigenvalue weighted by Gasteiger charge is -2.08. The first-order chi connectivity index (χ1) is 13.3. The Balaban J connectivity index is 1.84. The van der Waals surface area contributed by atoms with E-state index < -0.39 is 29.4 Å². The molecular weight excluding hydrogens is 394 g/mol. The summed E-state index contributed by atoms with van der Waals surface area (Å²) in [5, 5.41) is 13.3. The molecule has 28 heavy (non-hydrogen) atoms. The van der Waals surface area contributed by atoms with Gasteiger partial charge in [0.05, 0.1) is 12.0 Å². The molecule has 3 rings (SSSR count). The Kier molecular flexibility index (Phi) is 5.14. The maximum atomic E-state index is 12.2. The number of nitrogens with zero attached hydrogens (tertiary/aromatic N) is 2. The Labute approximate surface area is 162 Å². The normalized spacial score (nSPS) is 15.1. The summed E-state index contributed by atoms with van der Waals surface area (Å²) in [6, 6.07) is 6.49. The van der Waals surface area contributed by atoms with Crippen LogP contribution in [-0.4, -0.2) is 41.4 Å². The smallest absolute Gasteiger partial charge is 0.329 e. The van der Waals surface area contributed by atoms with E-state index in [1.54, 1.807) is 12.1 Å². The van der Waals surface area contributed by atoms with Gasteiger partial charge in [-0.15, -0.1) is 0 Å². The van der Waals surface area contributed by atoms with E-state index in [0.29, 0.717) is 16.2 Å². The Bertz CT molecular complexity index is 1030. The maximum Gasteiger partial charge on any atom is 0.329 e. The number of amides is 3. The molecule has 1 N–H and O–H groups in total. The molecule has 1 aliphatic heterocycles. The van der Waals surface area contributed by atoms with Crippen LogP contribution in [0.5, 0.6) is 0 Å². The predicted octanol–water partition coefficient (Wildman–Crippen LogP) is 2.57. The number of nitro benzene ring substituents is 1. The Morgan fingerprint density at radius 1 is 1.36 bits per heavy atom. The van der Waals surface area contributed by atoms with Crippen molar-refractivity contribution in [3.63, 3.8) is 0 Å². The van der Waals surface area contributed by atoms with E-state index in [1.165, 1.54) is 24.3 Å².